The summed E-state index contributed by atoms with van der Waals surface area (Å²) in [6, 6.07) is 4.12. The predicted molar refractivity (Wildman–Crippen MR) is 70.2 cm³/mol. The van der Waals surface area contributed by atoms with Gasteiger partial charge in [0, 0.05) is 24.1 Å². The Morgan fingerprint density at radius 1 is 1.32 bits per heavy atom. The zero-order valence-electron chi connectivity index (χ0n) is 10.6. The van der Waals surface area contributed by atoms with E-state index in [2.05, 4.69) is 0 Å². The number of carbonyl (C=O) groups excluding carboxylic acids is 1. The second kappa shape index (κ2) is 5.18. The van der Waals surface area contributed by atoms with E-state index in [1.165, 1.54) is 23.3 Å². The van der Waals surface area contributed by atoms with Crippen molar-refractivity contribution in [2.75, 3.05) is 25.1 Å². The average molecular weight is 284 g/mol. The molecule has 1 aliphatic heterocycles. The van der Waals surface area contributed by atoms with E-state index >= 15 is 0 Å². The van der Waals surface area contributed by atoms with Crippen LogP contribution in [0, 0.1) is 0 Å². The molecule has 19 heavy (non-hydrogen) atoms. The number of hydrogen-bond acceptors (Lipinski definition) is 5. The van der Waals surface area contributed by atoms with Gasteiger partial charge in [-0.1, -0.05) is 0 Å². The first-order valence-electron chi connectivity index (χ1n) is 5.93. The van der Waals surface area contributed by atoms with Crippen LogP contribution in [0.25, 0.3) is 0 Å². The number of anilines is 1. The Balaban J connectivity index is 2.34. The Morgan fingerprint density at radius 2 is 2.05 bits per heavy atom. The summed E-state index contributed by atoms with van der Waals surface area (Å²) in [5.74, 6) is -0.364. The fourth-order valence-corrected chi connectivity index (χ4v) is 2.55. The van der Waals surface area contributed by atoms with E-state index in [0.717, 1.165) is 19.1 Å². The summed E-state index contributed by atoms with van der Waals surface area (Å²) in [4.78, 5) is 17.5. The molecule has 0 radical (unpaired) electrons. The lowest BCUT2D eigenvalue weighted by Gasteiger charge is -2.26. The summed E-state index contributed by atoms with van der Waals surface area (Å²) in [6.07, 6.45) is 2.86. The van der Waals surface area contributed by atoms with E-state index in [-0.39, 0.29) is 22.1 Å². The van der Waals surface area contributed by atoms with E-state index in [4.69, 9.17) is 10.6 Å². The lowest BCUT2D eigenvalue weighted by molar-refractivity contribution is -0.144. The summed E-state index contributed by atoms with van der Waals surface area (Å²) < 4.78 is 23.0. The molecule has 7 heteroatoms. The molecule has 1 aromatic rings. The molecule has 0 atom stereocenters. The second-order valence-electron chi connectivity index (χ2n) is 4.51. The Hall–Kier alpha value is -1.60. The average Bonchev–Trinajstić information content (AvgIpc) is 2.37. The van der Waals surface area contributed by atoms with Crippen molar-refractivity contribution >= 4 is 21.4 Å². The lowest BCUT2D eigenvalue weighted by atomic mass is 10.2. The predicted octanol–water partition coefficient (Wildman–Crippen LogP) is 0.840. The lowest BCUT2D eigenvalue weighted by Crippen LogP contribution is -2.35. The topological polar surface area (TPSA) is 89.7 Å². The number of rotatable bonds is 2. The van der Waals surface area contributed by atoms with Gasteiger partial charge in [0.2, 0.25) is 0 Å². The van der Waals surface area contributed by atoms with Gasteiger partial charge in [-0.15, -0.1) is 0 Å². The van der Waals surface area contributed by atoms with E-state index in [9.17, 15) is 13.2 Å². The second-order valence-corrected chi connectivity index (χ2v) is 6.53. The SMILES string of the molecule is CS(=O)(=O)c1cc(N)cc(C(=O)N2CCCCO2)c1. The minimum Gasteiger partial charge on any atom is -0.399 e. The summed E-state index contributed by atoms with van der Waals surface area (Å²) in [5, 5.41) is 1.25. The highest BCUT2D eigenvalue weighted by Crippen LogP contribution is 2.19. The molecule has 1 amide bonds. The van der Waals surface area contributed by atoms with Gasteiger partial charge in [-0.05, 0) is 31.0 Å². The molecule has 1 saturated heterocycles. The maximum atomic E-state index is 12.2. The summed E-state index contributed by atoms with van der Waals surface area (Å²) in [5.41, 5.74) is 6.11. The van der Waals surface area contributed by atoms with Crippen LogP contribution in [0.2, 0.25) is 0 Å². The quantitative estimate of drug-likeness (QED) is 0.813. The van der Waals surface area contributed by atoms with Crippen molar-refractivity contribution in [1.82, 2.24) is 5.06 Å². The van der Waals surface area contributed by atoms with Gasteiger partial charge in [0.05, 0.1) is 11.5 Å². The van der Waals surface area contributed by atoms with Crippen LogP contribution in [0.15, 0.2) is 23.1 Å². The number of amides is 1. The molecule has 1 aromatic carbocycles. The van der Waals surface area contributed by atoms with Crippen LogP contribution in [0.1, 0.15) is 23.2 Å². The molecule has 0 saturated carbocycles. The highest BCUT2D eigenvalue weighted by Gasteiger charge is 2.21. The van der Waals surface area contributed by atoms with E-state index in [1.807, 2.05) is 0 Å². The number of hydrogen-bond donors (Lipinski definition) is 1. The first-order chi connectivity index (χ1) is 8.88. The maximum Gasteiger partial charge on any atom is 0.277 e. The Morgan fingerprint density at radius 3 is 2.63 bits per heavy atom. The molecule has 2 N–H and O–H groups in total. The van der Waals surface area contributed by atoms with Crippen molar-refractivity contribution in [3.8, 4) is 0 Å². The number of carbonyl (C=O) groups is 1. The first kappa shape index (κ1) is 13.8. The smallest absolute Gasteiger partial charge is 0.277 e. The summed E-state index contributed by atoms with van der Waals surface area (Å²) in [6.45, 7) is 0.995. The maximum absolute atomic E-state index is 12.2. The largest absolute Gasteiger partial charge is 0.399 e. The molecule has 1 aliphatic rings. The minimum absolute atomic E-state index is 0.0351. The van der Waals surface area contributed by atoms with E-state index in [0.29, 0.717) is 13.2 Å². The van der Waals surface area contributed by atoms with Gasteiger partial charge in [0.25, 0.3) is 5.91 Å². The summed E-state index contributed by atoms with van der Waals surface area (Å²) >= 11 is 0. The first-order valence-corrected chi connectivity index (χ1v) is 7.82. The van der Waals surface area contributed by atoms with Crippen molar-refractivity contribution < 1.29 is 18.0 Å². The Labute approximate surface area is 112 Å². The van der Waals surface area contributed by atoms with Gasteiger partial charge in [0.1, 0.15) is 0 Å². The van der Waals surface area contributed by atoms with Crippen LogP contribution < -0.4 is 5.73 Å². The number of nitrogen functional groups attached to an aromatic ring is 1. The van der Waals surface area contributed by atoms with Crippen molar-refractivity contribution in [2.45, 2.75) is 17.7 Å². The molecule has 0 spiro atoms. The van der Waals surface area contributed by atoms with Crippen molar-refractivity contribution in [1.29, 1.82) is 0 Å². The Bertz CT molecular complexity index is 592. The van der Waals surface area contributed by atoms with Gasteiger partial charge in [-0.3, -0.25) is 9.63 Å². The monoisotopic (exact) mass is 284 g/mol. The fraction of sp³-hybridized carbons (Fsp3) is 0.417. The van der Waals surface area contributed by atoms with E-state index < -0.39 is 9.84 Å². The molecule has 6 nitrogen and oxygen atoms in total. The van der Waals surface area contributed by atoms with Gasteiger partial charge < -0.3 is 5.73 Å². The number of nitrogens with two attached hydrogens (primary N) is 1. The molecule has 0 unspecified atom stereocenters. The minimum atomic E-state index is -3.40. The fourth-order valence-electron chi connectivity index (χ4n) is 1.86. The molecule has 0 aliphatic carbocycles. The third-order valence-electron chi connectivity index (χ3n) is 2.83. The van der Waals surface area contributed by atoms with Gasteiger partial charge in [-0.2, -0.15) is 0 Å². The van der Waals surface area contributed by atoms with Crippen molar-refractivity contribution in [2.24, 2.45) is 0 Å². The van der Waals surface area contributed by atoms with E-state index in [1.54, 1.807) is 0 Å². The van der Waals surface area contributed by atoms with Gasteiger partial charge >= 0.3 is 0 Å². The zero-order valence-corrected chi connectivity index (χ0v) is 11.4. The van der Waals surface area contributed by atoms with Crippen LogP contribution in [0.3, 0.4) is 0 Å². The van der Waals surface area contributed by atoms with Crippen LogP contribution in [-0.4, -0.2) is 38.8 Å². The van der Waals surface area contributed by atoms with Gasteiger partial charge in [-0.25, -0.2) is 13.5 Å². The number of nitrogens with zero attached hydrogens (tertiary/aromatic N) is 1. The standard InChI is InChI=1S/C12H16N2O4S/c1-19(16,17)11-7-9(6-10(13)8-11)12(15)14-4-2-3-5-18-14/h6-8H,2-5,13H2,1H3. The Kier molecular flexibility index (Phi) is 3.77. The van der Waals surface area contributed by atoms with Crippen molar-refractivity contribution in [3.05, 3.63) is 23.8 Å². The third-order valence-corrected chi connectivity index (χ3v) is 3.93. The molecule has 1 heterocycles. The van der Waals surface area contributed by atoms with Crippen LogP contribution >= 0.6 is 0 Å². The molecular formula is C12H16N2O4S. The highest BCUT2D eigenvalue weighted by molar-refractivity contribution is 7.90. The van der Waals surface area contributed by atoms with Crippen molar-refractivity contribution in [3.63, 3.8) is 0 Å². The number of sulfone groups is 1. The zero-order chi connectivity index (χ0) is 14.0. The molecule has 1 fully saturated rings. The number of hydroxylamine groups is 2. The normalized spacial score (nSPS) is 16.4. The molecule has 0 aromatic heterocycles. The molecule has 0 bridgehead atoms. The number of benzene rings is 1. The van der Waals surface area contributed by atoms with Crippen LogP contribution in [0.5, 0.6) is 0 Å². The molecule has 104 valence electrons. The molecular weight excluding hydrogens is 268 g/mol. The molecule has 2 rings (SSSR count). The van der Waals surface area contributed by atoms with Crippen LogP contribution in [-0.2, 0) is 14.7 Å². The third kappa shape index (κ3) is 3.24. The van der Waals surface area contributed by atoms with Gasteiger partial charge in [0.15, 0.2) is 9.84 Å². The van der Waals surface area contributed by atoms with Crippen LogP contribution in [0.4, 0.5) is 5.69 Å². The highest BCUT2D eigenvalue weighted by atomic mass is 32.2. The summed E-state index contributed by atoms with van der Waals surface area (Å²) in [7, 11) is -3.40.